The summed E-state index contributed by atoms with van der Waals surface area (Å²) in [5.74, 6) is 0. The maximum atomic E-state index is 12.1. The molecule has 19 heavy (non-hydrogen) atoms. The van der Waals surface area contributed by atoms with Crippen LogP contribution in [0.25, 0.3) is 0 Å². The lowest BCUT2D eigenvalue weighted by atomic mass is 10.2. The van der Waals surface area contributed by atoms with Gasteiger partial charge >= 0.3 is 0 Å². The zero-order valence-corrected chi connectivity index (χ0v) is 12.3. The monoisotopic (exact) mass is 297 g/mol. The molecule has 0 aliphatic heterocycles. The number of nitrogens with one attached hydrogen (secondary N) is 1. The van der Waals surface area contributed by atoms with Crippen molar-refractivity contribution in [3.05, 3.63) is 35.0 Å². The molecule has 1 heterocycles. The summed E-state index contributed by atoms with van der Waals surface area (Å²) >= 11 is 1.55. The third kappa shape index (κ3) is 2.89. The zero-order chi connectivity index (χ0) is 14.0. The summed E-state index contributed by atoms with van der Waals surface area (Å²) in [6.07, 6.45) is 0. The molecule has 0 aliphatic rings. The summed E-state index contributed by atoms with van der Waals surface area (Å²) < 4.78 is 25.3. The van der Waals surface area contributed by atoms with E-state index < -0.39 is 10.0 Å². The Labute approximate surface area is 116 Å². The first-order valence-corrected chi connectivity index (χ1v) is 7.91. The lowest BCUT2D eigenvalue weighted by Crippen LogP contribution is -2.22. The minimum absolute atomic E-state index is 0.212. The van der Waals surface area contributed by atoms with Gasteiger partial charge in [-0.05, 0) is 29.6 Å². The molecule has 3 N–H and O–H groups in total. The fourth-order valence-corrected chi connectivity index (χ4v) is 3.02. The Kier molecular flexibility index (Phi) is 3.79. The topological polar surface area (TPSA) is 75.4 Å². The molecule has 0 amide bonds. The Bertz CT molecular complexity index is 664. The van der Waals surface area contributed by atoms with E-state index in [2.05, 4.69) is 5.32 Å². The van der Waals surface area contributed by atoms with E-state index in [1.54, 1.807) is 23.5 Å². The first-order chi connectivity index (χ1) is 8.91. The number of nitrogens with two attached hydrogens (primary N) is 1. The third-order valence-electron chi connectivity index (χ3n) is 2.60. The molecule has 0 aliphatic carbocycles. The number of benzene rings is 1. The molecule has 0 atom stereocenters. The summed E-state index contributed by atoms with van der Waals surface area (Å²) in [6.45, 7) is 0. The second-order valence-corrected chi connectivity index (χ2v) is 7.11. The molecule has 2 aromatic rings. The number of sulfonamides is 1. The second-order valence-electron chi connectivity index (χ2n) is 4.17. The molecule has 0 saturated heterocycles. The van der Waals surface area contributed by atoms with Gasteiger partial charge in [-0.3, -0.25) is 0 Å². The molecule has 0 unspecified atom stereocenters. The van der Waals surface area contributed by atoms with E-state index in [9.17, 15) is 8.42 Å². The molecule has 5 nitrogen and oxygen atoms in total. The lowest BCUT2D eigenvalue weighted by molar-refractivity contribution is 0.521. The van der Waals surface area contributed by atoms with E-state index in [1.165, 1.54) is 24.5 Å². The predicted octanol–water partition coefficient (Wildman–Crippen LogP) is 2.32. The number of hydrogen-bond acceptors (Lipinski definition) is 5. The van der Waals surface area contributed by atoms with Gasteiger partial charge in [0.15, 0.2) is 0 Å². The van der Waals surface area contributed by atoms with Crippen LogP contribution in [0.4, 0.5) is 17.1 Å². The summed E-state index contributed by atoms with van der Waals surface area (Å²) in [5.41, 5.74) is 7.83. The van der Waals surface area contributed by atoms with Gasteiger partial charge in [-0.1, -0.05) is 0 Å². The van der Waals surface area contributed by atoms with Gasteiger partial charge in [0.2, 0.25) is 10.0 Å². The van der Waals surface area contributed by atoms with Crippen LogP contribution in [-0.2, 0) is 10.0 Å². The molecule has 0 spiro atoms. The molecule has 1 aromatic heterocycles. The molecule has 7 heteroatoms. The van der Waals surface area contributed by atoms with Gasteiger partial charge in [-0.25, -0.2) is 12.7 Å². The molecule has 102 valence electrons. The average molecular weight is 297 g/mol. The molecule has 0 fully saturated rings. The van der Waals surface area contributed by atoms with Gasteiger partial charge in [0.05, 0.1) is 16.3 Å². The fraction of sp³-hybridized carbons (Fsp3) is 0.167. The van der Waals surface area contributed by atoms with Crippen molar-refractivity contribution in [2.24, 2.45) is 0 Å². The second kappa shape index (κ2) is 5.20. The van der Waals surface area contributed by atoms with Crippen molar-refractivity contribution in [3.8, 4) is 0 Å². The number of thiophene rings is 1. The number of rotatable bonds is 4. The van der Waals surface area contributed by atoms with Crippen molar-refractivity contribution in [3.63, 3.8) is 0 Å². The van der Waals surface area contributed by atoms with Crippen molar-refractivity contribution < 1.29 is 8.42 Å². The number of nitrogen functional groups attached to an aromatic ring is 1. The van der Waals surface area contributed by atoms with E-state index in [1.807, 2.05) is 16.8 Å². The van der Waals surface area contributed by atoms with Crippen LogP contribution < -0.4 is 11.1 Å². The minimum atomic E-state index is -3.45. The maximum absolute atomic E-state index is 12.1. The first kappa shape index (κ1) is 13.9. The molecule has 2 rings (SSSR count). The van der Waals surface area contributed by atoms with Crippen LogP contribution in [-0.4, -0.2) is 26.8 Å². The van der Waals surface area contributed by atoms with Crippen LogP contribution in [0.15, 0.2) is 39.9 Å². The van der Waals surface area contributed by atoms with Gasteiger partial charge in [0, 0.05) is 25.2 Å². The largest absolute Gasteiger partial charge is 0.397 e. The van der Waals surface area contributed by atoms with Gasteiger partial charge in [0.25, 0.3) is 0 Å². The van der Waals surface area contributed by atoms with Gasteiger partial charge in [0.1, 0.15) is 0 Å². The fourth-order valence-electron chi connectivity index (χ4n) is 1.51. The van der Waals surface area contributed by atoms with Crippen molar-refractivity contribution in [1.82, 2.24) is 4.31 Å². The summed E-state index contributed by atoms with van der Waals surface area (Å²) in [5, 5.41) is 6.96. The SMILES string of the molecule is CN(C)S(=O)(=O)c1ccc(N)c(Nc2ccsc2)c1. The van der Waals surface area contributed by atoms with Crippen LogP contribution in [0.3, 0.4) is 0 Å². The molecular weight excluding hydrogens is 282 g/mol. The molecule has 0 saturated carbocycles. The van der Waals surface area contributed by atoms with Crippen LogP contribution in [0.5, 0.6) is 0 Å². The normalized spacial score (nSPS) is 11.7. The maximum Gasteiger partial charge on any atom is 0.242 e. The van der Waals surface area contributed by atoms with E-state index in [-0.39, 0.29) is 4.90 Å². The van der Waals surface area contributed by atoms with E-state index in [0.29, 0.717) is 11.4 Å². The van der Waals surface area contributed by atoms with Crippen LogP contribution >= 0.6 is 11.3 Å². The Balaban J connectivity index is 2.40. The van der Waals surface area contributed by atoms with E-state index >= 15 is 0 Å². The smallest absolute Gasteiger partial charge is 0.242 e. The Morgan fingerprint density at radius 1 is 1.26 bits per heavy atom. The molecule has 1 aromatic carbocycles. The highest BCUT2D eigenvalue weighted by molar-refractivity contribution is 7.89. The minimum Gasteiger partial charge on any atom is -0.397 e. The lowest BCUT2D eigenvalue weighted by Gasteiger charge is -2.14. The zero-order valence-electron chi connectivity index (χ0n) is 10.6. The Morgan fingerprint density at radius 2 is 2.00 bits per heavy atom. The van der Waals surface area contributed by atoms with Crippen LogP contribution in [0.2, 0.25) is 0 Å². The van der Waals surface area contributed by atoms with Crippen molar-refractivity contribution in [2.45, 2.75) is 4.90 Å². The van der Waals surface area contributed by atoms with Gasteiger partial charge < -0.3 is 11.1 Å². The predicted molar refractivity (Wildman–Crippen MR) is 79.3 cm³/mol. The van der Waals surface area contributed by atoms with Gasteiger partial charge in [-0.2, -0.15) is 11.3 Å². The van der Waals surface area contributed by atoms with E-state index in [4.69, 9.17) is 5.73 Å². The average Bonchev–Trinajstić information content (AvgIpc) is 2.84. The highest BCUT2D eigenvalue weighted by Gasteiger charge is 2.18. The van der Waals surface area contributed by atoms with Crippen LogP contribution in [0, 0.1) is 0 Å². The molecule has 0 radical (unpaired) electrons. The summed E-state index contributed by atoms with van der Waals surface area (Å²) in [4.78, 5) is 0.212. The van der Waals surface area contributed by atoms with Crippen molar-refractivity contribution in [2.75, 3.05) is 25.1 Å². The quantitative estimate of drug-likeness (QED) is 0.849. The van der Waals surface area contributed by atoms with Gasteiger partial charge in [-0.15, -0.1) is 0 Å². The molecular formula is C12H15N3O2S2. The standard InChI is InChI=1S/C12H15N3O2S2/c1-15(2)19(16,17)10-3-4-11(13)12(7-10)14-9-5-6-18-8-9/h3-8,14H,13H2,1-2H3. The number of nitrogens with zero attached hydrogens (tertiary/aromatic N) is 1. The van der Waals surface area contributed by atoms with Crippen molar-refractivity contribution >= 4 is 38.4 Å². The van der Waals surface area contributed by atoms with E-state index in [0.717, 1.165) is 5.69 Å². The molecule has 0 bridgehead atoms. The third-order valence-corrected chi connectivity index (χ3v) is 5.10. The first-order valence-electron chi connectivity index (χ1n) is 5.52. The highest BCUT2D eigenvalue weighted by atomic mass is 32.2. The van der Waals surface area contributed by atoms with Crippen molar-refractivity contribution in [1.29, 1.82) is 0 Å². The Morgan fingerprint density at radius 3 is 2.58 bits per heavy atom. The Hall–Kier alpha value is -1.57. The number of hydrogen-bond donors (Lipinski definition) is 2. The van der Waals surface area contributed by atoms with Crippen LogP contribution in [0.1, 0.15) is 0 Å². The summed E-state index contributed by atoms with van der Waals surface area (Å²) in [7, 11) is -0.459. The number of anilines is 3. The summed E-state index contributed by atoms with van der Waals surface area (Å²) in [6, 6.07) is 6.54. The highest BCUT2D eigenvalue weighted by Crippen LogP contribution is 2.28.